The number of aromatic nitrogens is 1. The van der Waals surface area contributed by atoms with Gasteiger partial charge in [0, 0.05) is 11.5 Å². The van der Waals surface area contributed by atoms with E-state index in [4.69, 9.17) is 0 Å². The molecule has 2 aromatic rings. The van der Waals surface area contributed by atoms with E-state index in [1.165, 1.54) is 6.07 Å². The smallest absolute Gasteiger partial charge is 0.249 e. The summed E-state index contributed by atoms with van der Waals surface area (Å²) < 4.78 is 0. The minimum Gasteiger partial charge on any atom is -0.322 e. The minimum atomic E-state index is -0.100. The molecule has 0 fully saturated rings. The number of rotatable bonds is 0. The van der Waals surface area contributed by atoms with Crippen LogP contribution in [0.1, 0.15) is 5.56 Å². The molecule has 1 aromatic carbocycles. The first kappa shape index (κ1) is 7.10. The normalized spacial score (nSPS) is 10.4. The van der Waals surface area contributed by atoms with Crippen molar-refractivity contribution in [1.82, 2.24) is 4.98 Å². The fraction of sp³-hybridized carbons (Fsp3) is 0.100. The zero-order valence-corrected chi connectivity index (χ0v) is 6.72. The Bertz CT molecular complexity index is 470. The van der Waals surface area contributed by atoms with Crippen LogP contribution in [0.5, 0.6) is 0 Å². The summed E-state index contributed by atoms with van der Waals surface area (Å²) in [5.74, 6) is 0. The van der Waals surface area contributed by atoms with Crippen LogP contribution in [0.25, 0.3) is 10.9 Å². The average Bonchev–Trinajstić information content (AvgIpc) is 2.07. The lowest BCUT2D eigenvalue weighted by atomic mass is 10.1. The molecule has 0 amide bonds. The Morgan fingerprint density at radius 3 is 3.08 bits per heavy atom. The second-order valence-corrected chi connectivity index (χ2v) is 2.78. The number of aryl methyl sites for hydroxylation is 1. The van der Waals surface area contributed by atoms with Gasteiger partial charge in [-0.3, -0.25) is 4.79 Å². The van der Waals surface area contributed by atoms with Gasteiger partial charge in [0.2, 0.25) is 5.56 Å². The maximum absolute atomic E-state index is 10.9. The Kier molecular flexibility index (Phi) is 1.47. The van der Waals surface area contributed by atoms with Gasteiger partial charge in [0.25, 0.3) is 0 Å². The topological polar surface area (TPSA) is 32.9 Å². The van der Waals surface area contributed by atoms with Crippen LogP contribution < -0.4 is 5.56 Å². The number of nitrogens with one attached hydrogen (secondary N) is 1. The molecular formula is C10H8NO. The first-order chi connectivity index (χ1) is 5.77. The van der Waals surface area contributed by atoms with Gasteiger partial charge in [-0.25, -0.2) is 0 Å². The van der Waals surface area contributed by atoms with Crippen molar-refractivity contribution < 1.29 is 0 Å². The molecule has 0 atom stereocenters. The van der Waals surface area contributed by atoms with Gasteiger partial charge in [-0.05, 0) is 18.6 Å². The lowest BCUT2D eigenvalue weighted by Gasteiger charge is -1.98. The molecule has 0 spiro atoms. The molecule has 0 aliphatic heterocycles. The summed E-state index contributed by atoms with van der Waals surface area (Å²) >= 11 is 0. The number of pyridine rings is 1. The van der Waals surface area contributed by atoms with Crippen molar-refractivity contribution in [2.45, 2.75) is 6.92 Å². The third-order valence-corrected chi connectivity index (χ3v) is 1.88. The van der Waals surface area contributed by atoms with E-state index in [1.54, 1.807) is 0 Å². The van der Waals surface area contributed by atoms with E-state index in [-0.39, 0.29) is 5.56 Å². The predicted molar refractivity (Wildman–Crippen MR) is 48.1 cm³/mol. The highest BCUT2D eigenvalue weighted by Gasteiger charge is 1.95. The van der Waals surface area contributed by atoms with Crippen molar-refractivity contribution in [3.63, 3.8) is 0 Å². The van der Waals surface area contributed by atoms with Gasteiger partial charge in [0.1, 0.15) is 0 Å². The van der Waals surface area contributed by atoms with Crippen LogP contribution in [0.3, 0.4) is 0 Å². The number of aromatic amines is 1. The molecule has 1 N–H and O–H groups in total. The molecule has 1 heterocycles. The Hall–Kier alpha value is -1.57. The maximum Gasteiger partial charge on any atom is 0.249 e. The quantitative estimate of drug-likeness (QED) is 0.621. The van der Waals surface area contributed by atoms with Crippen LogP contribution in [0, 0.1) is 13.0 Å². The van der Waals surface area contributed by atoms with Crippen LogP contribution in [-0.4, -0.2) is 4.98 Å². The van der Waals surface area contributed by atoms with Crippen molar-refractivity contribution in [3.8, 4) is 0 Å². The second-order valence-electron chi connectivity index (χ2n) is 2.78. The van der Waals surface area contributed by atoms with Crippen LogP contribution in [0.15, 0.2) is 29.1 Å². The largest absolute Gasteiger partial charge is 0.322 e. The van der Waals surface area contributed by atoms with Crippen molar-refractivity contribution in [1.29, 1.82) is 0 Å². The Labute approximate surface area is 69.9 Å². The number of hydrogen-bond donors (Lipinski definition) is 1. The minimum absolute atomic E-state index is 0.100. The third kappa shape index (κ3) is 1.01. The Morgan fingerprint density at radius 1 is 1.42 bits per heavy atom. The molecule has 2 rings (SSSR count). The molecule has 1 radical (unpaired) electrons. The number of para-hydroxylation sites is 1. The SMILES string of the molecule is Cc1cccc2[c]cc(=O)[nH]c12. The highest BCUT2D eigenvalue weighted by Crippen LogP contribution is 2.12. The molecule has 0 saturated heterocycles. The molecule has 0 bridgehead atoms. The van der Waals surface area contributed by atoms with Gasteiger partial charge in [0.15, 0.2) is 0 Å². The van der Waals surface area contributed by atoms with Crippen LogP contribution >= 0.6 is 0 Å². The second kappa shape index (κ2) is 2.48. The van der Waals surface area contributed by atoms with Crippen molar-refractivity contribution in [2.75, 3.05) is 0 Å². The summed E-state index contributed by atoms with van der Waals surface area (Å²) in [7, 11) is 0. The van der Waals surface area contributed by atoms with E-state index in [2.05, 4.69) is 11.1 Å². The highest BCUT2D eigenvalue weighted by atomic mass is 16.1. The fourth-order valence-corrected chi connectivity index (χ4v) is 1.26. The Morgan fingerprint density at radius 2 is 2.25 bits per heavy atom. The molecule has 0 unspecified atom stereocenters. The lowest BCUT2D eigenvalue weighted by molar-refractivity contribution is 1.28. The molecule has 12 heavy (non-hydrogen) atoms. The molecule has 2 heteroatoms. The molecule has 0 aliphatic rings. The number of H-pyrrole nitrogens is 1. The molecular weight excluding hydrogens is 150 g/mol. The maximum atomic E-state index is 10.9. The standard InChI is InChI=1S/C10H8NO/c1-7-3-2-4-8-5-6-9(12)11-10(7)8/h2-4,6H,1H3,(H,11,12). The number of benzene rings is 1. The number of hydrogen-bond acceptors (Lipinski definition) is 1. The van der Waals surface area contributed by atoms with Crippen molar-refractivity contribution in [3.05, 3.63) is 46.2 Å². The third-order valence-electron chi connectivity index (χ3n) is 1.88. The molecule has 0 saturated carbocycles. The summed E-state index contributed by atoms with van der Waals surface area (Å²) in [6, 6.07) is 10.2. The highest BCUT2D eigenvalue weighted by molar-refractivity contribution is 5.80. The first-order valence-electron chi connectivity index (χ1n) is 3.78. The van der Waals surface area contributed by atoms with Gasteiger partial charge in [0.05, 0.1) is 5.52 Å². The summed E-state index contributed by atoms with van der Waals surface area (Å²) in [5, 5.41) is 0.953. The predicted octanol–water partition coefficient (Wildman–Crippen LogP) is 1.64. The van der Waals surface area contributed by atoms with E-state index in [0.717, 1.165) is 16.5 Å². The van der Waals surface area contributed by atoms with Crippen LogP contribution in [0.4, 0.5) is 0 Å². The fourth-order valence-electron chi connectivity index (χ4n) is 1.26. The van der Waals surface area contributed by atoms with Gasteiger partial charge < -0.3 is 4.98 Å². The van der Waals surface area contributed by atoms with E-state index in [0.29, 0.717) is 0 Å². The van der Waals surface area contributed by atoms with Crippen LogP contribution in [-0.2, 0) is 0 Å². The Balaban J connectivity index is 2.97. The average molecular weight is 158 g/mol. The summed E-state index contributed by atoms with van der Waals surface area (Å²) in [6.07, 6.45) is 0. The summed E-state index contributed by atoms with van der Waals surface area (Å²) in [6.45, 7) is 1.96. The van der Waals surface area contributed by atoms with Crippen molar-refractivity contribution in [2.24, 2.45) is 0 Å². The molecule has 59 valence electrons. The number of fused-ring (bicyclic) bond motifs is 1. The summed E-state index contributed by atoms with van der Waals surface area (Å²) in [4.78, 5) is 13.7. The van der Waals surface area contributed by atoms with E-state index >= 15 is 0 Å². The van der Waals surface area contributed by atoms with Gasteiger partial charge >= 0.3 is 0 Å². The van der Waals surface area contributed by atoms with E-state index < -0.39 is 0 Å². The first-order valence-corrected chi connectivity index (χ1v) is 3.78. The lowest BCUT2D eigenvalue weighted by Crippen LogP contribution is -2.03. The molecule has 2 nitrogen and oxygen atoms in total. The van der Waals surface area contributed by atoms with Gasteiger partial charge in [-0.15, -0.1) is 0 Å². The molecule has 0 aliphatic carbocycles. The van der Waals surface area contributed by atoms with E-state index in [1.807, 2.05) is 25.1 Å². The summed E-state index contributed by atoms with van der Waals surface area (Å²) in [5.41, 5.74) is 1.85. The van der Waals surface area contributed by atoms with Crippen molar-refractivity contribution >= 4 is 10.9 Å². The van der Waals surface area contributed by atoms with Crippen LogP contribution in [0.2, 0.25) is 0 Å². The zero-order valence-electron chi connectivity index (χ0n) is 6.72. The molecule has 1 aromatic heterocycles. The van der Waals surface area contributed by atoms with Gasteiger partial charge in [-0.1, -0.05) is 18.2 Å². The van der Waals surface area contributed by atoms with E-state index in [9.17, 15) is 4.79 Å². The van der Waals surface area contributed by atoms with Gasteiger partial charge in [-0.2, -0.15) is 0 Å². The monoisotopic (exact) mass is 158 g/mol. The zero-order chi connectivity index (χ0) is 8.55.